The van der Waals surface area contributed by atoms with E-state index in [0.29, 0.717) is 11.4 Å². The first kappa shape index (κ1) is 27.6. The molecule has 0 aliphatic rings. The number of alkyl halides is 3. The van der Waals surface area contributed by atoms with Gasteiger partial charge in [0, 0.05) is 17.1 Å². The van der Waals surface area contributed by atoms with E-state index in [2.05, 4.69) is 24.2 Å². The van der Waals surface area contributed by atoms with Crippen LogP contribution < -0.4 is 15.4 Å². The number of aromatic nitrogens is 2. The van der Waals surface area contributed by atoms with Crippen molar-refractivity contribution < 1.29 is 40.7 Å². The number of carbonyl (C=O) groups is 2. The van der Waals surface area contributed by atoms with Gasteiger partial charge in [0.05, 0.1) is 18.1 Å². The van der Waals surface area contributed by atoms with Crippen LogP contribution in [0.2, 0.25) is 0 Å². The van der Waals surface area contributed by atoms with E-state index in [4.69, 9.17) is 0 Å². The van der Waals surface area contributed by atoms with Gasteiger partial charge in [0.15, 0.2) is 0 Å². The first-order valence-corrected chi connectivity index (χ1v) is 11.6. The van der Waals surface area contributed by atoms with Crippen LogP contribution >= 0.6 is 0 Å². The molecule has 0 fully saturated rings. The molecule has 2 aromatic rings. The highest BCUT2D eigenvalue weighted by Gasteiger charge is 2.64. The van der Waals surface area contributed by atoms with Crippen LogP contribution in [0.4, 0.5) is 29.6 Å². The number of nitrogens with one attached hydrogen (secondary N) is 3. The van der Waals surface area contributed by atoms with Gasteiger partial charge >= 0.3 is 23.9 Å². The maximum atomic E-state index is 14.1. The van der Waals surface area contributed by atoms with Crippen molar-refractivity contribution in [1.82, 2.24) is 15.3 Å². The summed E-state index contributed by atoms with van der Waals surface area (Å²) in [5.41, 5.74) is -3.02. The average molecular weight is 520 g/mol. The summed E-state index contributed by atoms with van der Waals surface area (Å²) in [6.45, 7) is 5.28. The van der Waals surface area contributed by atoms with E-state index in [1.807, 2.05) is 5.32 Å². The van der Waals surface area contributed by atoms with Crippen molar-refractivity contribution in [3.05, 3.63) is 41.7 Å². The molecule has 35 heavy (non-hydrogen) atoms. The van der Waals surface area contributed by atoms with Gasteiger partial charge in [-0.05, 0) is 58.0 Å². The summed E-state index contributed by atoms with van der Waals surface area (Å²) in [7, 11) is -4.19. The highest BCUT2D eigenvalue weighted by Crippen LogP contribution is 2.33. The topological polar surface area (TPSA) is 149 Å². The Morgan fingerprint density at radius 1 is 0.971 bits per heavy atom. The van der Waals surface area contributed by atoms with Gasteiger partial charge in [-0.25, -0.2) is 32.7 Å². The Labute approximate surface area is 199 Å². The molecule has 15 heteroatoms. The van der Waals surface area contributed by atoms with Crippen molar-refractivity contribution >= 4 is 33.7 Å². The molecule has 11 nitrogen and oxygen atoms in total. The van der Waals surface area contributed by atoms with Crippen LogP contribution in [0, 0.1) is 13.8 Å². The van der Waals surface area contributed by atoms with Gasteiger partial charge < -0.3 is 14.8 Å². The molecule has 0 bridgehead atoms. The number of hydrogen-bond donors (Lipinski definition) is 3. The molecule has 0 saturated carbocycles. The lowest BCUT2D eigenvalue weighted by molar-refractivity contribution is -0.205. The Bertz CT molecular complexity index is 1150. The largest absolute Gasteiger partial charge is 0.463 e. The van der Waals surface area contributed by atoms with Crippen molar-refractivity contribution in [2.45, 2.75) is 44.4 Å². The minimum Gasteiger partial charge on any atom is -0.463 e. The molecular formula is C20H24F3N5O6S. The second-order valence-corrected chi connectivity index (χ2v) is 8.73. The lowest BCUT2D eigenvalue weighted by atomic mass is 10.1. The molecule has 1 atom stereocenters. The molecule has 0 spiro atoms. The Balaban J connectivity index is 2.39. The minimum atomic E-state index is -5.38. The van der Waals surface area contributed by atoms with Crippen LogP contribution in [0.5, 0.6) is 0 Å². The third kappa shape index (κ3) is 6.71. The molecule has 1 amide bonds. The molecule has 0 aliphatic carbocycles. The molecule has 0 unspecified atom stereocenters. The maximum Gasteiger partial charge on any atom is 0.442 e. The lowest BCUT2D eigenvalue weighted by Crippen LogP contribution is -2.69. The smallest absolute Gasteiger partial charge is 0.442 e. The maximum absolute atomic E-state index is 14.1. The van der Waals surface area contributed by atoms with E-state index in [1.165, 1.54) is 19.2 Å². The highest BCUT2D eigenvalue weighted by molar-refractivity contribution is 7.92. The van der Waals surface area contributed by atoms with E-state index in [1.54, 1.807) is 19.9 Å². The van der Waals surface area contributed by atoms with Gasteiger partial charge in [0.25, 0.3) is 10.0 Å². The second-order valence-electron chi connectivity index (χ2n) is 7.04. The first-order valence-electron chi connectivity index (χ1n) is 10.2. The standard InChI is InChI=1S/C20H24F3N5O6S/c1-5-33-16(29)19(20(21,22)23,27-18(30)34-6-2)26-14-7-9-15(10-8-14)35(31,32)28-17-24-12(3)11-13(4)25-17/h7-11,26H,5-6H2,1-4H3,(H,27,30)(H,24,25,28)/t19-/m1/s1. The Hall–Kier alpha value is -3.62. The van der Waals surface area contributed by atoms with Gasteiger partial charge in [0.1, 0.15) is 0 Å². The zero-order valence-corrected chi connectivity index (χ0v) is 20.0. The van der Waals surface area contributed by atoms with Gasteiger partial charge in [-0.3, -0.25) is 5.32 Å². The monoisotopic (exact) mass is 519 g/mol. The third-order valence-electron chi connectivity index (χ3n) is 4.28. The Morgan fingerprint density at radius 3 is 2.00 bits per heavy atom. The van der Waals surface area contributed by atoms with Crippen molar-refractivity contribution in [3.8, 4) is 0 Å². The molecule has 2 rings (SSSR count). The van der Waals surface area contributed by atoms with E-state index < -0.39 is 40.5 Å². The first-order chi connectivity index (χ1) is 16.2. The molecular weight excluding hydrogens is 495 g/mol. The quantitative estimate of drug-likeness (QED) is 0.336. The fraction of sp³-hybridized carbons (Fsp3) is 0.400. The number of esters is 1. The molecule has 192 valence electrons. The predicted molar refractivity (Wildman–Crippen MR) is 118 cm³/mol. The third-order valence-corrected chi connectivity index (χ3v) is 5.62. The summed E-state index contributed by atoms with van der Waals surface area (Å²) >= 11 is 0. The summed E-state index contributed by atoms with van der Waals surface area (Å²) in [6.07, 6.45) is -6.90. The molecule has 0 saturated heterocycles. The van der Waals surface area contributed by atoms with Gasteiger partial charge in [-0.2, -0.15) is 13.2 Å². The number of benzene rings is 1. The van der Waals surface area contributed by atoms with Crippen LogP contribution in [-0.2, 0) is 24.3 Å². The number of nitrogens with zero attached hydrogens (tertiary/aromatic N) is 2. The van der Waals surface area contributed by atoms with E-state index in [-0.39, 0.29) is 23.1 Å². The number of carbonyl (C=O) groups excluding carboxylic acids is 2. The van der Waals surface area contributed by atoms with Gasteiger partial charge in [-0.1, -0.05) is 0 Å². The second kappa shape index (κ2) is 10.8. The SMILES string of the molecule is CCOC(=O)N[C@](Nc1ccc(S(=O)(=O)Nc2nc(C)cc(C)n2)cc1)(C(=O)OCC)C(F)(F)F. The average Bonchev–Trinajstić information content (AvgIpc) is 2.72. The number of alkyl carbamates (subject to hydrolysis) is 1. The number of halogens is 3. The van der Waals surface area contributed by atoms with E-state index in [0.717, 1.165) is 24.3 Å². The number of ether oxygens (including phenoxy) is 2. The molecule has 0 aliphatic heterocycles. The summed E-state index contributed by atoms with van der Waals surface area (Å²) in [5.74, 6) is -2.02. The number of aryl methyl sites for hydroxylation is 2. The number of rotatable bonds is 9. The highest BCUT2D eigenvalue weighted by atomic mass is 32.2. The molecule has 3 N–H and O–H groups in total. The number of sulfonamides is 1. The molecule has 1 aromatic carbocycles. The summed E-state index contributed by atoms with van der Waals surface area (Å²) in [4.78, 5) is 31.8. The van der Waals surface area contributed by atoms with Crippen LogP contribution in [0.1, 0.15) is 25.2 Å². The van der Waals surface area contributed by atoms with Crippen molar-refractivity contribution in [1.29, 1.82) is 0 Å². The fourth-order valence-electron chi connectivity index (χ4n) is 2.84. The molecule has 1 heterocycles. The number of anilines is 2. The van der Waals surface area contributed by atoms with Gasteiger partial charge in [-0.15, -0.1) is 0 Å². The molecule has 1 aromatic heterocycles. The van der Waals surface area contributed by atoms with Crippen molar-refractivity contribution in [2.75, 3.05) is 23.3 Å². The van der Waals surface area contributed by atoms with Crippen LogP contribution in [0.25, 0.3) is 0 Å². The summed E-state index contributed by atoms with van der Waals surface area (Å²) < 4.78 is 78.7. The normalized spacial score (nSPS) is 13.3. The number of amides is 1. The number of hydrogen-bond acceptors (Lipinski definition) is 9. The summed E-state index contributed by atoms with van der Waals surface area (Å²) in [6, 6.07) is 5.57. The Morgan fingerprint density at radius 2 is 1.51 bits per heavy atom. The predicted octanol–water partition coefficient (Wildman–Crippen LogP) is 2.87. The van der Waals surface area contributed by atoms with Crippen molar-refractivity contribution in [2.24, 2.45) is 0 Å². The summed E-state index contributed by atoms with van der Waals surface area (Å²) in [5, 5.41) is 3.37. The van der Waals surface area contributed by atoms with Crippen LogP contribution in [0.15, 0.2) is 35.2 Å². The lowest BCUT2D eigenvalue weighted by Gasteiger charge is -2.34. The zero-order valence-electron chi connectivity index (χ0n) is 19.2. The minimum absolute atomic E-state index is 0.179. The Kier molecular flexibility index (Phi) is 8.49. The molecule has 0 radical (unpaired) electrons. The van der Waals surface area contributed by atoms with E-state index in [9.17, 15) is 31.2 Å². The fourth-order valence-corrected chi connectivity index (χ4v) is 3.78. The van der Waals surface area contributed by atoms with E-state index >= 15 is 0 Å². The van der Waals surface area contributed by atoms with Crippen molar-refractivity contribution in [3.63, 3.8) is 0 Å². The van der Waals surface area contributed by atoms with Crippen LogP contribution in [0.3, 0.4) is 0 Å². The zero-order chi connectivity index (χ0) is 26.4. The van der Waals surface area contributed by atoms with Crippen LogP contribution in [-0.4, -0.2) is 55.5 Å². The van der Waals surface area contributed by atoms with Gasteiger partial charge in [0.2, 0.25) is 5.95 Å².